The van der Waals surface area contributed by atoms with Crippen LogP contribution in [0, 0.1) is 24.7 Å². The molecule has 4 aliphatic carbocycles. The van der Waals surface area contributed by atoms with Crippen LogP contribution in [0.2, 0.25) is 0 Å². The Morgan fingerprint density at radius 3 is 2.08 bits per heavy atom. The summed E-state index contributed by atoms with van der Waals surface area (Å²) in [5, 5.41) is 0. The van der Waals surface area contributed by atoms with Crippen LogP contribution in [0.25, 0.3) is 0 Å². The van der Waals surface area contributed by atoms with Gasteiger partial charge in [-0.2, -0.15) is 0 Å². The Hall–Kier alpha value is -0.870. The molecule has 3 nitrogen and oxygen atoms in total. The van der Waals surface area contributed by atoms with E-state index in [4.69, 9.17) is 0 Å². The van der Waals surface area contributed by atoms with Crippen molar-refractivity contribution in [1.82, 2.24) is 9.80 Å². The quantitative estimate of drug-likeness (QED) is 0.815. The number of nitrogens with zero attached hydrogens (tertiary/aromatic N) is 2. The highest BCUT2D eigenvalue weighted by atomic mass is 32.1. The fourth-order valence-corrected chi connectivity index (χ4v) is 7.38. The summed E-state index contributed by atoms with van der Waals surface area (Å²) in [6, 6.07) is 4.05. The summed E-state index contributed by atoms with van der Waals surface area (Å²) in [4.78, 5) is 19.7. The minimum atomic E-state index is 0.248. The average molecular weight is 345 g/mol. The number of carbonyl (C=O) groups is 1. The lowest BCUT2D eigenvalue weighted by Gasteiger charge is -2.61. The van der Waals surface area contributed by atoms with E-state index in [1.54, 1.807) is 11.3 Å². The molecule has 0 N–H and O–H groups in total. The van der Waals surface area contributed by atoms with Gasteiger partial charge in [0.1, 0.15) is 0 Å². The van der Waals surface area contributed by atoms with E-state index in [0.717, 1.165) is 48.8 Å². The van der Waals surface area contributed by atoms with Gasteiger partial charge in [-0.25, -0.2) is 0 Å². The van der Waals surface area contributed by atoms with Gasteiger partial charge in [0.05, 0.1) is 4.88 Å². The highest BCUT2D eigenvalue weighted by molar-refractivity contribution is 7.13. The molecule has 4 heteroatoms. The van der Waals surface area contributed by atoms with Crippen LogP contribution in [0.15, 0.2) is 12.1 Å². The molecule has 1 saturated heterocycles. The zero-order valence-corrected chi connectivity index (χ0v) is 15.5. The number of hydrogen-bond acceptors (Lipinski definition) is 3. The minimum absolute atomic E-state index is 0.248. The van der Waals surface area contributed by atoms with Crippen LogP contribution in [0.1, 0.15) is 53.1 Å². The lowest BCUT2D eigenvalue weighted by Crippen LogP contribution is -2.64. The van der Waals surface area contributed by atoms with E-state index in [2.05, 4.69) is 22.8 Å². The van der Waals surface area contributed by atoms with Crippen LogP contribution in [0.4, 0.5) is 0 Å². The third kappa shape index (κ3) is 2.45. The molecule has 0 atom stereocenters. The van der Waals surface area contributed by atoms with Gasteiger partial charge in [0.15, 0.2) is 0 Å². The second-order valence-corrected chi connectivity index (χ2v) is 10.1. The van der Waals surface area contributed by atoms with Crippen LogP contribution in [-0.2, 0) is 0 Å². The molecule has 5 fully saturated rings. The van der Waals surface area contributed by atoms with Crippen molar-refractivity contribution < 1.29 is 4.79 Å². The van der Waals surface area contributed by atoms with Crippen molar-refractivity contribution in [2.75, 3.05) is 26.2 Å². The average Bonchev–Trinajstić information content (AvgIpc) is 3.00. The van der Waals surface area contributed by atoms with E-state index in [0.29, 0.717) is 5.54 Å². The van der Waals surface area contributed by atoms with Crippen LogP contribution in [0.3, 0.4) is 0 Å². The van der Waals surface area contributed by atoms with Gasteiger partial charge in [0.2, 0.25) is 0 Å². The van der Waals surface area contributed by atoms with E-state index in [-0.39, 0.29) is 5.91 Å². The summed E-state index contributed by atoms with van der Waals surface area (Å²) in [6.07, 6.45) is 8.85. The molecule has 130 valence electrons. The van der Waals surface area contributed by atoms with Gasteiger partial charge in [-0.3, -0.25) is 9.69 Å². The molecular formula is C20H28N2OS. The maximum Gasteiger partial charge on any atom is 0.264 e. The monoisotopic (exact) mass is 344 g/mol. The topological polar surface area (TPSA) is 23.6 Å². The zero-order valence-electron chi connectivity index (χ0n) is 14.7. The molecule has 4 saturated carbocycles. The van der Waals surface area contributed by atoms with Crippen molar-refractivity contribution in [3.05, 3.63) is 21.9 Å². The molecule has 1 aliphatic heterocycles. The maximum atomic E-state index is 12.7. The Morgan fingerprint density at radius 1 is 1.00 bits per heavy atom. The Bertz CT molecular complexity index is 609. The second-order valence-electron chi connectivity index (χ2n) is 8.83. The van der Waals surface area contributed by atoms with Gasteiger partial charge < -0.3 is 4.90 Å². The summed E-state index contributed by atoms with van der Waals surface area (Å²) >= 11 is 1.63. The fourth-order valence-electron chi connectivity index (χ4n) is 6.54. The number of aryl methyl sites for hydroxylation is 1. The van der Waals surface area contributed by atoms with E-state index in [9.17, 15) is 4.79 Å². The SMILES string of the molecule is Cc1ccc(C(=O)N2CCN(C34CC5CC(CC(C5)C3)C4)CC2)s1. The third-order valence-corrected chi connectivity index (χ3v) is 8.18. The Balaban J connectivity index is 1.26. The van der Waals surface area contributed by atoms with E-state index >= 15 is 0 Å². The summed E-state index contributed by atoms with van der Waals surface area (Å²) in [5.41, 5.74) is 0.503. The first kappa shape index (κ1) is 15.4. The lowest BCUT2D eigenvalue weighted by atomic mass is 9.52. The molecule has 0 spiro atoms. The maximum absolute atomic E-state index is 12.7. The standard InChI is InChI=1S/C20H28N2OS/c1-14-2-3-18(24-14)19(23)21-4-6-22(7-5-21)20-11-15-8-16(12-20)10-17(9-15)13-20/h2-3,15-17H,4-13H2,1H3. The molecule has 0 aromatic carbocycles. The Morgan fingerprint density at radius 2 is 1.58 bits per heavy atom. The van der Waals surface area contributed by atoms with E-state index < -0.39 is 0 Å². The molecule has 2 heterocycles. The number of thiophene rings is 1. The summed E-state index contributed by atoms with van der Waals surface area (Å²) in [5.74, 6) is 3.26. The predicted octanol–water partition coefficient (Wildman–Crippen LogP) is 3.78. The Labute approximate surface area is 149 Å². The van der Waals surface area contributed by atoms with Gasteiger partial charge in [-0.15, -0.1) is 11.3 Å². The van der Waals surface area contributed by atoms with Crippen LogP contribution in [-0.4, -0.2) is 47.4 Å². The second kappa shape index (κ2) is 5.57. The van der Waals surface area contributed by atoms with Gasteiger partial charge in [-0.1, -0.05) is 0 Å². The van der Waals surface area contributed by atoms with Gasteiger partial charge in [-0.05, 0) is 75.3 Å². The van der Waals surface area contributed by atoms with Gasteiger partial charge in [0.25, 0.3) is 5.91 Å². The van der Waals surface area contributed by atoms with Crippen molar-refractivity contribution in [3.8, 4) is 0 Å². The molecule has 0 unspecified atom stereocenters. The summed E-state index contributed by atoms with van der Waals surface area (Å²) in [6.45, 7) is 6.08. The molecule has 5 aliphatic rings. The molecule has 1 aromatic rings. The number of amides is 1. The minimum Gasteiger partial charge on any atom is -0.335 e. The van der Waals surface area contributed by atoms with E-state index in [1.807, 2.05) is 6.07 Å². The first-order valence-corrected chi connectivity index (χ1v) is 10.5. The van der Waals surface area contributed by atoms with Crippen molar-refractivity contribution >= 4 is 17.2 Å². The highest BCUT2D eigenvalue weighted by Crippen LogP contribution is 2.57. The van der Waals surface area contributed by atoms with Crippen molar-refractivity contribution in [2.24, 2.45) is 17.8 Å². The van der Waals surface area contributed by atoms with Crippen LogP contribution < -0.4 is 0 Å². The molecule has 0 radical (unpaired) electrons. The number of hydrogen-bond donors (Lipinski definition) is 0. The van der Waals surface area contributed by atoms with Crippen molar-refractivity contribution in [2.45, 2.75) is 51.0 Å². The normalized spacial score (nSPS) is 38.7. The molecule has 24 heavy (non-hydrogen) atoms. The molecular weight excluding hydrogens is 316 g/mol. The number of carbonyl (C=O) groups excluding carboxylic acids is 1. The molecule has 1 aromatic heterocycles. The zero-order chi connectivity index (χ0) is 16.3. The number of rotatable bonds is 2. The fraction of sp³-hybridized carbons (Fsp3) is 0.750. The molecule has 6 rings (SSSR count). The molecule has 4 bridgehead atoms. The van der Waals surface area contributed by atoms with Crippen LogP contribution >= 0.6 is 11.3 Å². The van der Waals surface area contributed by atoms with Crippen LogP contribution in [0.5, 0.6) is 0 Å². The first-order valence-electron chi connectivity index (χ1n) is 9.72. The smallest absolute Gasteiger partial charge is 0.264 e. The van der Waals surface area contributed by atoms with Gasteiger partial charge >= 0.3 is 0 Å². The summed E-state index contributed by atoms with van der Waals surface area (Å²) < 4.78 is 0. The molecule has 1 amide bonds. The lowest BCUT2D eigenvalue weighted by molar-refractivity contribution is -0.0987. The van der Waals surface area contributed by atoms with Crippen molar-refractivity contribution in [1.29, 1.82) is 0 Å². The number of piperazine rings is 1. The third-order valence-electron chi connectivity index (χ3n) is 7.19. The van der Waals surface area contributed by atoms with Gasteiger partial charge in [0, 0.05) is 36.6 Å². The predicted molar refractivity (Wildman–Crippen MR) is 97.4 cm³/mol. The first-order chi connectivity index (χ1) is 11.6. The Kier molecular flexibility index (Phi) is 3.57. The highest BCUT2D eigenvalue weighted by Gasteiger charge is 2.53. The largest absolute Gasteiger partial charge is 0.335 e. The van der Waals surface area contributed by atoms with Crippen molar-refractivity contribution in [3.63, 3.8) is 0 Å². The summed E-state index contributed by atoms with van der Waals surface area (Å²) in [7, 11) is 0. The van der Waals surface area contributed by atoms with E-state index in [1.165, 1.54) is 43.4 Å².